The highest BCUT2D eigenvalue weighted by Gasteiger charge is 2.37. The lowest BCUT2D eigenvalue weighted by molar-refractivity contribution is -0.137. The van der Waals surface area contributed by atoms with Crippen LogP contribution in [0.15, 0.2) is 24.3 Å². The van der Waals surface area contributed by atoms with E-state index in [1.165, 1.54) is 12.1 Å². The summed E-state index contributed by atoms with van der Waals surface area (Å²) in [6.07, 6.45) is -3.20. The van der Waals surface area contributed by atoms with Crippen molar-refractivity contribution in [1.29, 1.82) is 0 Å². The molecule has 1 heterocycles. The first-order valence-corrected chi connectivity index (χ1v) is 8.35. The van der Waals surface area contributed by atoms with E-state index in [0.29, 0.717) is 12.1 Å². The first-order chi connectivity index (χ1) is 11.0. The van der Waals surface area contributed by atoms with E-state index < -0.39 is 23.4 Å². The van der Waals surface area contributed by atoms with Crippen LogP contribution in [0.25, 0.3) is 0 Å². The molecular weight excluding hydrogens is 339 g/mol. The third-order valence-corrected chi connectivity index (χ3v) is 4.51. The zero-order valence-corrected chi connectivity index (χ0v) is 14.8. The summed E-state index contributed by atoms with van der Waals surface area (Å²) in [5.41, 5.74) is -0.626. The predicted octanol–water partition coefficient (Wildman–Crippen LogP) is 5.08. The van der Waals surface area contributed by atoms with Gasteiger partial charge in [0.1, 0.15) is 5.60 Å². The van der Waals surface area contributed by atoms with Crippen molar-refractivity contribution < 1.29 is 22.7 Å². The van der Waals surface area contributed by atoms with Gasteiger partial charge in [-0.2, -0.15) is 25.8 Å². The fraction of sp³-hybridized carbons (Fsp3) is 0.588. The number of likely N-dealkylation sites (tertiary alicyclic amines) is 1. The van der Waals surface area contributed by atoms with Crippen LogP contribution in [0.5, 0.6) is 0 Å². The second-order valence-corrected chi connectivity index (χ2v) is 7.50. The maximum Gasteiger partial charge on any atom is 0.416 e. The van der Waals surface area contributed by atoms with Crippen molar-refractivity contribution in [3.63, 3.8) is 0 Å². The van der Waals surface area contributed by atoms with E-state index in [1.54, 1.807) is 25.7 Å². The molecule has 1 aromatic carbocycles. The van der Waals surface area contributed by atoms with E-state index in [2.05, 4.69) is 12.6 Å². The summed E-state index contributed by atoms with van der Waals surface area (Å²) in [5, 5.41) is -0.359. The van der Waals surface area contributed by atoms with Crippen LogP contribution >= 0.6 is 12.6 Å². The molecule has 7 heteroatoms. The molecule has 1 aliphatic heterocycles. The number of carbonyl (C=O) groups excluding carboxylic acids is 1. The molecule has 1 amide bonds. The molecule has 0 radical (unpaired) electrons. The number of carbonyl (C=O) groups is 1. The Labute approximate surface area is 145 Å². The van der Waals surface area contributed by atoms with Crippen molar-refractivity contribution in [2.24, 2.45) is 0 Å². The number of benzene rings is 1. The molecular formula is C17H22F3NO2S. The molecule has 1 fully saturated rings. The van der Waals surface area contributed by atoms with Crippen LogP contribution < -0.4 is 0 Å². The molecule has 134 valence electrons. The average molecular weight is 361 g/mol. The van der Waals surface area contributed by atoms with Gasteiger partial charge in [-0.05, 0) is 51.3 Å². The smallest absolute Gasteiger partial charge is 0.416 e. The van der Waals surface area contributed by atoms with Crippen LogP contribution in [0, 0.1) is 0 Å². The van der Waals surface area contributed by atoms with Gasteiger partial charge in [-0.15, -0.1) is 0 Å². The average Bonchev–Trinajstić information content (AvgIpc) is 2.93. The predicted molar refractivity (Wildman–Crippen MR) is 89.1 cm³/mol. The van der Waals surface area contributed by atoms with Crippen LogP contribution in [0.4, 0.5) is 18.0 Å². The summed E-state index contributed by atoms with van der Waals surface area (Å²) < 4.78 is 43.4. The summed E-state index contributed by atoms with van der Waals surface area (Å²) in [6, 6.07) is 4.74. The molecule has 1 aliphatic rings. The van der Waals surface area contributed by atoms with Crippen LogP contribution in [-0.4, -0.2) is 29.2 Å². The Bertz CT molecular complexity index is 581. The molecule has 0 aliphatic carbocycles. The molecule has 2 atom stereocenters. The van der Waals surface area contributed by atoms with Crippen LogP contribution in [-0.2, 0) is 10.9 Å². The molecule has 0 N–H and O–H groups in total. The monoisotopic (exact) mass is 361 g/mol. The minimum Gasteiger partial charge on any atom is -0.444 e. The van der Waals surface area contributed by atoms with Gasteiger partial charge >= 0.3 is 12.3 Å². The lowest BCUT2D eigenvalue weighted by Crippen LogP contribution is -2.41. The fourth-order valence-corrected chi connectivity index (χ4v) is 3.24. The number of halogens is 3. The zero-order chi connectivity index (χ0) is 18.1. The minimum absolute atomic E-state index is 0.195. The molecule has 0 aromatic heterocycles. The van der Waals surface area contributed by atoms with E-state index in [0.717, 1.165) is 25.0 Å². The Hall–Kier alpha value is -1.37. The Balaban J connectivity index is 2.13. The molecule has 0 spiro atoms. The number of hydrogen-bond acceptors (Lipinski definition) is 3. The summed E-state index contributed by atoms with van der Waals surface area (Å²) in [4.78, 5) is 13.9. The minimum atomic E-state index is -4.36. The van der Waals surface area contributed by atoms with Gasteiger partial charge in [-0.3, -0.25) is 0 Å². The first-order valence-electron chi connectivity index (χ1n) is 7.84. The number of ether oxygens (including phenoxy) is 1. The standard InChI is InChI=1S/C17H22F3NO2S/c1-16(2,3)23-15(22)21-10-4-5-13(21)14(24)11-6-8-12(9-7-11)17(18,19)20/h6-9,13-14,24H,4-5,10H2,1-3H3/t13-,14?/m0/s1. The highest BCUT2D eigenvalue weighted by atomic mass is 32.1. The van der Waals surface area contributed by atoms with Crippen molar-refractivity contribution in [3.05, 3.63) is 35.4 Å². The second-order valence-electron chi connectivity index (χ2n) is 6.95. The molecule has 1 aromatic rings. The Morgan fingerprint density at radius 1 is 1.25 bits per heavy atom. The molecule has 0 bridgehead atoms. The highest BCUT2D eigenvalue weighted by molar-refractivity contribution is 7.80. The van der Waals surface area contributed by atoms with Gasteiger partial charge in [-0.1, -0.05) is 12.1 Å². The maximum absolute atomic E-state index is 12.7. The van der Waals surface area contributed by atoms with Gasteiger partial charge in [0.15, 0.2) is 0 Å². The van der Waals surface area contributed by atoms with E-state index in [9.17, 15) is 18.0 Å². The van der Waals surface area contributed by atoms with E-state index in [1.807, 2.05) is 0 Å². The normalized spacial score (nSPS) is 20.1. The largest absolute Gasteiger partial charge is 0.444 e. The molecule has 2 rings (SSSR count). The third-order valence-electron chi connectivity index (χ3n) is 3.87. The van der Waals surface area contributed by atoms with Gasteiger partial charge in [0.25, 0.3) is 0 Å². The summed E-state index contributed by atoms with van der Waals surface area (Å²) in [5.74, 6) is 0. The van der Waals surface area contributed by atoms with Crippen molar-refractivity contribution in [1.82, 2.24) is 4.90 Å². The number of thiol groups is 1. The number of alkyl halides is 3. The van der Waals surface area contributed by atoms with Gasteiger partial charge < -0.3 is 9.64 Å². The van der Waals surface area contributed by atoms with Gasteiger partial charge in [0.2, 0.25) is 0 Å². The molecule has 3 nitrogen and oxygen atoms in total. The molecule has 24 heavy (non-hydrogen) atoms. The van der Waals surface area contributed by atoms with Crippen molar-refractivity contribution in [3.8, 4) is 0 Å². The summed E-state index contributed by atoms with van der Waals surface area (Å²) in [7, 11) is 0. The maximum atomic E-state index is 12.7. The SMILES string of the molecule is CC(C)(C)OC(=O)N1CCC[C@H]1C(S)c1ccc(C(F)(F)F)cc1. The Morgan fingerprint density at radius 3 is 2.33 bits per heavy atom. The quantitative estimate of drug-likeness (QED) is 0.745. The van der Waals surface area contributed by atoms with Crippen LogP contribution in [0.1, 0.15) is 50.0 Å². The topological polar surface area (TPSA) is 29.5 Å². The number of nitrogens with zero attached hydrogens (tertiary/aromatic N) is 1. The van der Waals surface area contributed by atoms with Gasteiger partial charge in [-0.25, -0.2) is 4.79 Å². The highest BCUT2D eigenvalue weighted by Crippen LogP contribution is 2.36. The molecule has 1 saturated heterocycles. The zero-order valence-electron chi connectivity index (χ0n) is 13.9. The van der Waals surface area contributed by atoms with E-state index in [-0.39, 0.29) is 11.3 Å². The lowest BCUT2D eigenvalue weighted by Gasteiger charge is -2.31. The Kier molecular flexibility index (Phi) is 5.42. The number of amides is 1. The summed E-state index contributed by atoms with van der Waals surface area (Å²) in [6.45, 7) is 5.95. The third kappa shape index (κ3) is 4.59. The molecule has 0 saturated carbocycles. The van der Waals surface area contributed by atoms with Crippen molar-refractivity contribution in [2.75, 3.05) is 6.54 Å². The lowest BCUT2D eigenvalue weighted by atomic mass is 10.0. The Morgan fingerprint density at radius 2 is 1.83 bits per heavy atom. The van der Waals surface area contributed by atoms with Crippen LogP contribution in [0.2, 0.25) is 0 Å². The van der Waals surface area contributed by atoms with Crippen LogP contribution in [0.3, 0.4) is 0 Å². The second kappa shape index (κ2) is 6.86. The van der Waals surface area contributed by atoms with Crippen molar-refractivity contribution in [2.45, 2.75) is 56.7 Å². The number of hydrogen-bond donors (Lipinski definition) is 1. The van der Waals surface area contributed by atoms with E-state index >= 15 is 0 Å². The first kappa shape index (κ1) is 19.0. The van der Waals surface area contributed by atoms with E-state index in [4.69, 9.17) is 4.74 Å². The van der Waals surface area contributed by atoms with Gasteiger partial charge in [0, 0.05) is 11.8 Å². The van der Waals surface area contributed by atoms with Gasteiger partial charge in [0.05, 0.1) is 11.6 Å². The summed E-state index contributed by atoms with van der Waals surface area (Å²) >= 11 is 4.56. The number of rotatable bonds is 2. The van der Waals surface area contributed by atoms with Crippen molar-refractivity contribution >= 4 is 18.7 Å². The fourth-order valence-electron chi connectivity index (χ4n) is 2.76. The molecule has 1 unspecified atom stereocenters.